The van der Waals surface area contributed by atoms with Crippen molar-refractivity contribution in [2.45, 2.75) is 46.6 Å². The standard InChI is InChI=1S/C17H25NO3/c1-11(2)9-14-5-7-15(8-6-14)10-16(19)18-13(4)12(3)17(20)21/h5-8,11-13H,9-10H2,1-4H3,(H,18,19)(H,20,21). The van der Waals surface area contributed by atoms with Gasteiger partial charge in [0.05, 0.1) is 12.3 Å². The lowest BCUT2D eigenvalue weighted by molar-refractivity contribution is -0.142. The largest absolute Gasteiger partial charge is 0.481 e. The van der Waals surface area contributed by atoms with Crippen LogP contribution in [0.25, 0.3) is 0 Å². The Morgan fingerprint density at radius 1 is 1.05 bits per heavy atom. The maximum Gasteiger partial charge on any atom is 0.308 e. The molecule has 1 amide bonds. The van der Waals surface area contributed by atoms with Crippen LogP contribution in [-0.4, -0.2) is 23.0 Å². The van der Waals surface area contributed by atoms with Crippen molar-refractivity contribution in [1.29, 1.82) is 0 Å². The van der Waals surface area contributed by atoms with E-state index in [1.807, 2.05) is 24.3 Å². The van der Waals surface area contributed by atoms with Gasteiger partial charge in [-0.2, -0.15) is 0 Å². The molecule has 0 saturated carbocycles. The minimum atomic E-state index is -0.902. The first-order chi connectivity index (χ1) is 9.79. The lowest BCUT2D eigenvalue weighted by Gasteiger charge is -2.17. The number of amides is 1. The van der Waals surface area contributed by atoms with E-state index in [-0.39, 0.29) is 18.4 Å². The zero-order valence-electron chi connectivity index (χ0n) is 13.2. The molecular weight excluding hydrogens is 266 g/mol. The average molecular weight is 291 g/mol. The third-order valence-electron chi connectivity index (χ3n) is 3.56. The van der Waals surface area contributed by atoms with Crippen LogP contribution in [0.4, 0.5) is 0 Å². The molecule has 4 nitrogen and oxygen atoms in total. The number of carboxylic acids is 1. The van der Waals surface area contributed by atoms with E-state index >= 15 is 0 Å². The van der Waals surface area contributed by atoms with Crippen molar-refractivity contribution in [3.63, 3.8) is 0 Å². The van der Waals surface area contributed by atoms with Gasteiger partial charge in [0.25, 0.3) is 0 Å². The Labute approximate surface area is 126 Å². The summed E-state index contributed by atoms with van der Waals surface area (Å²) in [4.78, 5) is 22.8. The van der Waals surface area contributed by atoms with Gasteiger partial charge in [0.2, 0.25) is 5.91 Å². The van der Waals surface area contributed by atoms with E-state index in [1.165, 1.54) is 5.56 Å². The van der Waals surface area contributed by atoms with Crippen LogP contribution >= 0.6 is 0 Å². The molecule has 0 aliphatic carbocycles. The van der Waals surface area contributed by atoms with Gasteiger partial charge >= 0.3 is 5.97 Å². The van der Waals surface area contributed by atoms with E-state index in [0.29, 0.717) is 5.92 Å². The van der Waals surface area contributed by atoms with Crippen LogP contribution < -0.4 is 5.32 Å². The van der Waals surface area contributed by atoms with Crippen molar-refractivity contribution in [1.82, 2.24) is 5.32 Å². The second kappa shape index (κ2) is 7.81. The van der Waals surface area contributed by atoms with Crippen molar-refractivity contribution < 1.29 is 14.7 Å². The topological polar surface area (TPSA) is 66.4 Å². The Morgan fingerprint density at radius 3 is 2.05 bits per heavy atom. The predicted octanol–water partition coefficient (Wildman–Crippen LogP) is 2.65. The van der Waals surface area contributed by atoms with E-state index in [2.05, 4.69) is 19.2 Å². The van der Waals surface area contributed by atoms with Gasteiger partial charge in [-0.25, -0.2) is 0 Å². The van der Waals surface area contributed by atoms with Gasteiger partial charge in [0, 0.05) is 6.04 Å². The van der Waals surface area contributed by atoms with Crippen LogP contribution in [0.1, 0.15) is 38.8 Å². The van der Waals surface area contributed by atoms with Gasteiger partial charge in [-0.3, -0.25) is 9.59 Å². The number of aliphatic carboxylic acids is 1. The summed E-state index contributed by atoms with van der Waals surface area (Å²) in [6.07, 6.45) is 1.30. The number of carboxylic acid groups (broad SMARTS) is 1. The van der Waals surface area contributed by atoms with Crippen LogP contribution in [0.3, 0.4) is 0 Å². The summed E-state index contributed by atoms with van der Waals surface area (Å²) in [5, 5.41) is 11.6. The van der Waals surface area contributed by atoms with Gasteiger partial charge in [-0.05, 0) is 37.3 Å². The quantitative estimate of drug-likeness (QED) is 0.811. The molecular formula is C17H25NO3. The molecule has 1 rings (SSSR count). The summed E-state index contributed by atoms with van der Waals surface area (Å²) < 4.78 is 0. The van der Waals surface area contributed by atoms with Gasteiger partial charge in [0.1, 0.15) is 0 Å². The lowest BCUT2D eigenvalue weighted by Crippen LogP contribution is -2.40. The highest BCUT2D eigenvalue weighted by Gasteiger charge is 2.20. The molecule has 21 heavy (non-hydrogen) atoms. The molecule has 1 aromatic carbocycles. The van der Waals surface area contributed by atoms with Crippen LogP contribution in [0, 0.1) is 11.8 Å². The number of benzene rings is 1. The van der Waals surface area contributed by atoms with Gasteiger partial charge in [-0.1, -0.05) is 38.1 Å². The minimum Gasteiger partial charge on any atom is -0.481 e. The fourth-order valence-corrected chi connectivity index (χ4v) is 2.09. The molecule has 116 valence electrons. The molecule has 2 atom stereocenters. The van der Waals surface area contributed by atoms with E-state index in [9.17, 15) is 9.59 Å². The summed E-state index contributed by atoms with van der Waals surface area (Å²) in [5.74, 6) is -1.03. The summed E-state index contributed by atoms with van der Waals surface area (Å²) in [6.45, 7) is 7.65. The highest BCUT2D eigenvalue weighted by atomic mass is 16.4. The Kier molecular flexibility index (Phi) is 6.40. The molecule has 2 unspecified atom stereocenters. The molecule has 0 radical (unpaired) electrons. The summed E-state index contributed by atoms with van der Waals surface area (Å²) >= 11 is 0. The highest BCUT2D eigenvalue weighted by Crippen LogP contribution is 2.10. The molecule has 0 bridgehead atoms. The number of carbonyl (C=O) groups excluding carboxylic acids is 1. The SMILES string of the molecule is CC(C)Cc1ccc(CC(=O)NC(C)C(C)C(=O)O)cc1. The Morgan fingerprint density at radius 2 is 1.57 bits per heavy atom. The third-order valence-corrected chi connectivity index (χ3v) is 3.56. The smallest absolute Gasteiger partial charge is 0.308 e. The van der Waals surface area contributed by atoms with E-state index < -0.39 is 11.9 Å². The van der Waals surface area contributed by atoms with Crippen molar-refractivity contribution >= 4 is 11.9 Å². The number of rotatable bonds is 7. The maximum atomic E-state index is 11.9. The molecule has 0 aliphatic rings. The number of nitrogens with one attached hydrogen (secondary N) is 1. The van der Waals surface area contributed by atoms with Crippen LogP contribution in [-0.2, 0) is 22.4 Å². The first-order valence-electron chi connectivity index (χ1n) is 7.39. The van der Waals surface area contributed by atoms with E-state index in [0.717, 1.165) is 12.0 Å². The molecule has 0 aliphatic heterocycles. The van der Waals surface area contributed by atoms with Gasteiger partial charge < -0.3 is 10.4 Å². The molecule has 0 spiro atoms. The minimum absolute atomic E-state index is 0.146. The Balaban J connectivity index is 2.53. The summed E-state index contributed by atoms with van der Waals surface area (Å²) in [7, 11) is 0. The fraction of sp³-hybridized carbons (Fsp3) is 0.529. The summed E-state index contributed by atoms with van der Waals surface area (Å²) in [6, 6.07) is 7.64. The fourth-order valence-electron chi connectivity index (χ4n) is 2.09. The number of hydrogen-bond acceptors (Lipinski definition) is 2. The van der Waals surface area contributed by atoms with Crippen LogP contribution in [0.2, 0.25) is 0 Å². The van der Waals surface area contributed by atoms with Crippen molar-refractivity contribution in [2.24, 2.45) is 11.8 Å². The molecule has 0 saturated heterocycles. The molecule has 0 aromatic heterocycles. The van der Waals surface area contributed by atoms with Crippen LogP contribution in [0.15, 0.2) is 24.3 Å². The second-order valence-corrected chi connectivity index (χ2v) is 6.07. The van der Waals surface area contributed by atoms with Gasteiger partial charge in [0.15, 0.2) is 0 Å². The molecule has 0 heterocycles. The zero-order chi connectivity index (χ0) is 16.0. The molecule has 4 heteroatoms. The second-order valence-electron chi connectivity index (χ2n) is 6.07. The highest BCUT2D eigenvalue weighted by molar-refractivity contribution is 5.80. The molecule has 2 N–H and O–H groups in total. The normalized spacial score (nSPS) is 13.8. The monoisotopic (exact) mass is 291 g/mol. The Bertz CT molecular complexity index is 479. The lowest BCUT2D eigenvalue weighted by atomic mass is 10.0. The van der Waals surface area contributed by atoms with E-state index in [1.54, 1.807) is 13.8 Å². The first-order valence-corrected chi connectivity index (χ1v) is 7.39. The van der Waals surface area contributed by atoms with Crippen LogP contribution in [0.5, 0.6) is 0 Å². The molecule has 1 aromatic rings. The number of hydrogen-bond donors (Lipinski definition) is 2. The van der Waals surface area contributed by atoms with Crippen molar-refractivity contribution in [3.05, 3.63) is 35.4 Å². The first kappa shape index (κ1) is 17.2. The van der Waals surface area contributed by atoms with Crippen molar-refractivity contribution in [2.75, 3.05) is 0 Å². The zero-order valence-corrected chi connectivity index (χ0v) is 13.2. The maximum absolute atomic E-state index is 11.9. The van der Waals surface area contributed by atoms with E-state index in [4.69, 9.17) is 5.11 Å². The van der Waals surface area contributed by atoms with Crippen molar-refractivity contribution in [3.8, 4) is 0 Å². The van der Waals surface area contributed by atoms with Gasteiger partial charge in [-0.15, -0.1) is 0 Å². The number of carbonyl (C=O) groups is 2. The third kappa shape index (κ3) is 5.98. The molecule has 0 fully saturated rings. The average Bonchev–Trinajstić information content (AvgIpc) is 2.39. The predicted molar refractivity (Wildman–Crippen MR) is 83.1 cm³/mol. The Hall–Kier alpha value is -1.84. The summed E-state index contributed by atoms with van der Waals surface area (Å²) in [5.41, 5.74) is 2.21.